The van der Waals surface area contributed by atoms with Gasteiger partial charge in [-0.3, -0.25) is 10.1 Å². The Labute approximate surface area is 104 Å². The van der Waals surface area contributed by atoms with E-state index in [9.17, 15) is 10.1 Å². The van der Waals surface area contributed by atoms with Crippen molar-refractivity contribution in [2.75, 3.05) is 6.61 Å². The average molecular weight is 247 g/mol. The Morgan fingerprint density at radius 1 is 1.44 bits per heavy atom. The van der Waals surface area contributed by atoms with E-state index in [0.29, 0.717) is 12.3 Å². The van der Waals surface area contributed by atoms with E-state index in [1.807, 2.05) is 6.92 Å². The van der Waals surface area contributed by atoms with E-state index < -0.39 is 4.92 Å². The van der Waals surface area contributed by atoms with Crippen molar-refractivity contribution in [3.63, 3.8) is 0 Å². The maximum atomic E-state index is 11.2. The molecule has 0 aliphatic carbocycles. The minimum atomic E-state index is -0.442. The van der Waals surface area contributed by atoms with Crippen LogP contribution in [0, 0.1) is 10.1 Å². The molecule has 2 aromatic rings. The van der Waals surface area contributed by atoms with E-state index in [1.54, 1.807) is 36.7 Å². The molecule has 0 saturated carbocycles. The quantitative estimate of drug-likeness (QED) is 0.601. The summed E-state index contributed by atoms with van der Waals surface area (Å²) in [7, 11) is 0. The van der Waals surface area contributed by atoms with Crippen molar-refractivity contribution in [3.8, 4) is 11.4 Å². The van der Waals surface area contributed by atoms with E-state index in [1.165, 1.54) is 4.68 Å². The minimum absolute atomic E-state index is 0.0605. The lowest BCUT2D eigenvalue weighted by molar-refractivity contribution is -0.385. The van der Waals surface area contributed by atoms with Gasteiger partial charge in [0.15, 0.2) is 5.75 Å². The molecule has 0 bridgehead atoms. The largest absolute Gasteiger partial charge is 0.487 e. The van der Waals surface area contributed by atoms with Gasteiger partial charge in [0.1, 0.15) is 5.69 Å². The van der Waals surface area contributed by atoms with E-state index in [0.717, 1.165) is 6.42 Å². The van der Waals surface area contributed by atoms with Gasteiger partial charge in [-0.15, -0.1) is 0 Å². The summed E-state index contributed by atoms with van der Waals surface area (Å²) >= 11 is 0. The fraction of sp³-hybridized carbons (Fsp3) is 0.250. The van der Waals surface area contributed by atoms with Gasteiger partial charge in [-0.05, 0) is 24.6 Å². The lowest BCUT2D eigenvalue weighted by Crippen LogP contribution is -2.04. The first-order valence-corrected chi connectivity index (χ1v) is 5.64. The topological polar surface area (TPSA) is 70.2 Å². The van der Waals surface area contributed by atoms with Crippen molar-refractivity contribution >= 4 is 5.69 Å². The number of hydrogen-bond donors (Lipinski definition) is 0. The van der Waals surface area contributed by atoms with Crippen LogP contribution in [0.15, 0.2) is 36.7 Å². The Morgan fingerprint density at radius 3 is 2.89 bits per heavy atom. The predicted octanol–water partition coefficient (Wildman–Crippen LogP) is 2.57. The molecule has 0 N–H and O–H groups in total. The van der Waals surface area contributed by atoms with Crippen LogP contribution in [0.3, 0.4) is 0 Å². The van der Waals surface area contributed by atoms with E-state index in [-0.39, 0.29) is 11.4 Å². The van der Waals surface area contributed by atoms with Crippen LogP contribution in [0.25, 0.3) is 5.69 Å². The molecule has 1 heterocycles. The summed E-state index contributed by atoms with van der Waals surface area (Å²) < 4.78 is 6.86. The third-order valence-corrected chi connectivity index (χ3v) is 2.37. The summed E-state index contributed by atoms with van der Waals surface area (Å²) in [6, 6.07) is 6.67. The third-order valence-electron chi connectivity index (χ3n) is 2.37. The van der Waals surface area contributed by atoms with E-state index in [2.05, 4.69) is 5.10 Å². The van der Waals surface area contributed by atoms with Crippen LogP contribution in [-0.2, 0) is 0 Å². The number of benzene rings is 1. The number of nitro benzene ring substituents is 1. The van der Waals surface area contributed by atoms with Gasteiger partial charge in [-0.2, -0.15) is 5.10 Å². The lowest BCUT2D eigenvalue weighted by atomic mass is 10.2. The fourth-order valence-electron chi connectivity index (χ4n) is 1.62. The molecule has 0 fully saturated rings. The van der Waals surface area contributed by atoms with Crippen LogP contribution in [-0.4, -0.2) is 21.3 Å². The molecule has 94 valence electrons. The van der Waals surface area contributed by atoms with Gasteiger partial charge in [0, 0.05) is 12.4 Å². The summed E-state index contributed by atoms with van der Waals surface area (Å²) in [5.41, 5.74) is 0.341. The van der Waals surface area contributed by atoms with Crippen LogP contribution in [0.5, 0.6) is 5.75 Å². The molecule has 18 heavy (non-hydrogen) atoms. The van der Waals surface area contributed by atoms with Crippen molar-refractivity contribution < 1.29 is 9.66 Å². The number of ether oxygens (including phenoxy) is 1. The Hall–Kier alpha value is -2.37. The molecule has 1 aromatic heterocycles. The highest BCUT2D eigenvalue weighted by Gasteiger charge is 2.22. The molecule has 0 atom stereocenters. The predicted molar refractivity (Wildman–Crippen MR) is 66.0 cm³/mol. The van der Waals surface area contributed by atoms with Gasteiger partial charge in [-0.1, -0.05) is 13.0 Å². The summed E-state index contributed by atoms with van der Waals surface area (Å²) in [6.07, 6.45) is 4.03. The second-order valence-electron chi connectivity index (χ2n) is 3.68. The molecule has 0 spiro atoms. The molecular weight excluding hydrogens is 234 g/mol. The first-order chi connectivity index (χ1) is 8.74. The normalized spacial score (nSPS) is 10.3. The molecule has 0 unspecified atom stereocenters. The number of nitrogens with zero attached hydrogens (tertiary/aromatic N) is 3. The molecule has 6 heteroatoms. The molecule has 2 rings (SSSR count). The van der Waals surface area contributed by atoms with Crippen LogP contribution >= 0.6 is 0 Å². The maximum Gasteiger partial charge on any atom is 0.336 e. The van der Waals surface area contributed by atoms with Gasteiger partial charge in [0.05, 0.1) is 11.5 Å². The average Bonchev–Trinajstić information content (AvgIpc) is 2.89. The number of nitro groups is 1. The Morgan fingerprint density at radius 2 is 2.28 bits per heavy atom. The van der Waals surface area contributed by atoms with E-state index in [4.69, 9.17) is 4.74 Å². The first-order valence-electron chi connectivity index (χ1n) is 5.64. The zero-order valence-corrected chi connectivity index (χ0v) is 9.94. The van der Waals surface area contributed by atoms with Crippen LogP contribution < -0.4 is 4.74 Å². The van der Waals surface area contributed by atoms with Crippen molar-refractivity contribution in [1.82, 2.24) is 9.78 Å². The van der Waals surface area contributed by atoms with Gasteiger partial charge in [0.25, 0.3) is 0 Å². The maximum absolute atomic E-state index is 11.2. The fourth-order valence-corrected chi connectivity index (χ4v) is 1.62. The SMILES string of the molecule is CCCOc1cccc(-n2cccn2)c1[N+](=O)[O-]. The molecule has 0 radical (unpaired) electrons. The second-order valence-corrected chi connectivity index (χ2v) is 3.68. The summed E-state index contributed by atoms with van der Waals surface area (Å²) in [4.78, 5) is 10.7. The molecule has 0 saturated heterocycles. The van der Waals surface area contributed by atoms with Crippen molar-refractivity contribution in [2.24, 2.45) is 0 Å². The van der Waals surface area contributed by atoms with Gasteiger partial charge >= 0.3 is 5.69 Å². The zero-order chi connectivity index (χ0) is 13.0. The van der Waals surface area contributed by atoms with Crippen LogP contribution in [0.2, 0.25) is 0 Å². The lowest BCUT2D eigenvalue weighted by Gasteiger charge is -2.08. The molecule has 1 aromatic carbocycles. The first kappa shape index (κ1) is 12.1. The molecule has 6 nitrogen and oxygen atoms in total. The number of aromatic nitrogens is 2. The highest BCUT2D eigenvalue weighted by Crippen LogP contribution is 2.33. The number of para-hydroxylation sites is 1. The highest BCUT2D eigenvalue weighted by atomic mass is 16.6. The molecule has 0 aliphatic heterocycles. The smallest absolute Gasteiger partial charge is 0.336 e. The second kappa shape index (κ2) is 5.31. The summed E-state index contributed by atoms with van der Waals surface area (Å²) in [5, 5.41) is 15.2. The monoisotopic (exact) mass is 247 g/mol. The van der Waals surface area contributed by atoms with Gasteiger partial charge < -0.3 is 4.74 Å². The van der Waals surface area contributed by atoms with E-state index >= 15 is 0 Å². The minimum Gasteiger partial charge on any atom is -0.487 e. The van der Waals surface area contributed by atoms with Crippen LogP contribution in [0.4, 0.5) is 5.69 Å². The Balaban J connectivity index is 2.49. The summed E-state index contributed by atoms with van der Waals surface area (Å²) in [6.45, 7) is 2.40. The Bertz CT molecular complexity index is 538. The van der Waals surface area contributed by atoms with Crippen molar-refractivity contribution in [1.29, 1.82) is 0 Å². The standard InChI is InChI=1S/C12H13N3O3/c1-2-9-18-11-6-3-5-10(12(11)15(16)17)14-8-4-7-13-14/h3-8H,2,9H2,1H3. The van der Waals surface area contributed by atoms with Gasteiger partial charge in [0.2, 0.25) is 0 Å². The van der Waals surface area contributed by atoms with Gasteiger partial charge in [-0.25, -0.2) is 4.68 Å². The molecule has 0 aliphatic rings. The molecular formula is C12H13N3O3. The highest BCUT2D eigenvalue weighted by molar-refractivity contribution is 5.61. The van der Waals surface area contributed by atoms with Crippen molar-refractivity contribution in [2.45, 2.75) is 13.3 Å². The summed E-state index contributed by atoms with van der Waals surface area (Å²) in [5.74, 6) is 0.273. The zero-order valence-electron chi connectivity index (χ0n) is 9.94. The number of rotatable bonds is 5. The third kappa shape index (κ3) is 2.32. The molecule has 0 amide bonds. The number of hydrogen-bond acceptors (Lipinski definition) is 4. The Kier molecular flexibility index (Phi) is 3.57. The van der Waals surface area contributed by atoms with Crippen LogP contribution in [0.1, 0.15) is 13.3 Å². The van der Waals surface area contributed by atoms with Crippen molar-refractivity contribution in [3.05, 3.63) is 46.8 Å².